The van der Waals surface area contributed by atoms with Gasteiger partial charge in [-0.15, -0.1) is 0 Å². The lowest BCUT2D eigenvalue weighted by Gasteiger charge is -2.00. The molecule has 0 bridgehead atoms. The molecule has 98 valence electrons. The van der Waals surface area contributed by atoms with Crippen LogP contribution in [-0.4, -0.2) is 36.0 Å². The number of hydrogen-bond acceptors (Lipinski definition) is 3. The lowest BCUT2D eigenvalue weighted by atomic mass is 10.0. The monoisotopic (exact) mass is 242 g/mol. The molecule has 4 nitrogen and oxygen atoms in total. The van der Waals surface area contributed by atoms with E-state index in [1.54, 1.807) is 0 Å². The van der Waals surface area contributed by atoms with Crippen molar-refractivity contribution in [3.05, 3.63) is 0 Å². The highest BCUT2D eigenvalue weighted by Gasteiger charge is 2.40. The van der Waals surface area contributed by atoms with Gasteiger partial charge in [-0.2, -0.15) is 0 Å². The second-order valence-electron chi connectivity index (χ2n) is 5.10. The number of fused-ring (bicyclic) bond motifs is 2. The van der Waals surface area contributed by atoms with Crippen LogP contribution in [0.3, 0.4) is 0 Å². The minimum atomic E-state index is -0.250. The zero-order chi connectivity index (χ0) is 12.1. The minimum Gasteiger partial charge on any atom is -0.483 e. The molecule has 2 heterocycles. The molecule has 4 aliphatic rings. The predicted octanol–water partition coefficient (Wildman–Crippen LogP) is 2.36. The lowest BCUT2D eigenvalue weighted by Crippen LogP contribution is -2.00. The van der Waals surface area contributed by atoms with Crippen molar-refractivity contribution < 1.29 is 19.4 Å². The first kappa shape index (κ1) is 12.8. The van der Waals surface area contributed by atoms with Crippen molar-refractivity contribution in [2.45, 2.75) is 75.8 Å². The van der Waals surface area contributed by atoms with Crippen LogP contribution in [0.25, 0.3) is 0 Å². The van der Waals surface area contributed by atoms with Gasteiger partial charge < -0.3 is 14.6 Å². The summed E-state index contributed by atoms with van der Waals surface area (Å²) in [5, 5.41) is 6.89. The Morgan fingerprint density at radius 1 is 0.765 bits per heavy atom. The number of ether oxygens (including phenoxy) is 2. The molecule has 2 aliphatic carbocycles. The summed E-state index contributed by atoms with van der Waals surface area (Å²) in [6.07, 6.45) is 13.8. The van der Waals surface area contributed by atoms with Crippen molar-refractivity contribution >= 4 is 6.47 Å². The Bertz CT molecular complexity index is 202. The maximum atomic E-state index is 8.36. The van der Waals surface area contributed by atoms with Gasteiger partial charge in [0, 0.05) is 0 Å². The summed E-state index contributed by atoms with van der Waals surface area (Å²) >= 11 is 0. The third-order valence-corrected chi connectivity index (χ3v) is 3.83. The van der Waals surface area contributed by atoms with Gasteiger partial charge in [0.25, 0.3) is 6.47 Å². The molecule has 2 saturated carbocycles. The standard InChI is InChI=1S/2C6H10O.CH2O2/c2*1-2-4-6-5(3-1)7-6;2-1-3/h2*5-6H,1-4H2;1H,(H,2,3). The number of rotatable bonds is 0. The third-order valence-electron chi connectivity index (χ3n) is 3.83. The molecule has 4 heteroatoms. The zero-order valence-corrected chi connectivity index (χ0v) is 10.2. The second-order valence-corrected chi connectivity index (χ2v) is 5.10. The van der Waals surface area contributed by atoms with Gasteiger partial charge >= 0.3 is 0 Å². The van der Waals surface area contributed by atoms with E-state index < -0.39 is 0 Å². The van der Waals surface area contributed by atoms with Gasteiger partial charge in [0.05, 0.1) is 24.4 Å². The highest BCUT2D eigenvalue weighted by Crippen LogP contribution is 2.36. The van der Waals surface area contributed by atoms with Gasteiger partial charge in [-0.05, 0) is 25.7 Å². The van der Waals surface area contributed by atoms with Crippen LogP contribution < -0.4 is 0 Å². The van der Waals surface area contributed by atoms with E-state index in [2.05, 4.69) is 0 Å². The van der Waals surface area contributed by atoms with Gasteiger partial charge in [0.2, 0.25) is 0 Å². The minimum absolute atomic E-state index is 0.250. The predicted molar refractivity (Wildman–Crippen MR) is 63.0 cm³/mol. The molecule has 4 atom stereocenters. The summed E-state index contributed by atoms with van der Waals surface area (Å²) in [4.78, 5) is 8.36. The first-order chi connectivity index (χ1) is 8.35. The fourth-order valence-corrected chi connectivity index (χ4v) is 2.76. The third kappa shape index (κ3) is 4.28. The Balaban J connectivity index is 0.000000105. The number of hydrogen-bond donors (Lipinski definition) is 1. The summed E-state index contributed by atoms with van der Waals surface area (Å²) in [6.45, 7) is -0.250. The fourth-order valence-electron chi connectivity index (χ4n) is 2.76. The van der Waals surface area contributed by atoms with E-state index in [4.69, 9.17) is 19.4 Å². The summed E-state index contributed by atoms with van der Waals surface area (Å²) in [5.74, 6) is 0. The van der Waals surface area contributed by atoms with Gasteiger partial charge in [-0.3, -0.25) is 4.79 Å². The quantitative estimate of drug-likeness (QED) is 0.523. The maximum absolute atomic E-state index is 8.36. The van der Waals surface area contributed by atoms with Crippen LogP contribution in [0.5, 0.6) is 0 Å². The second kappa shape index (κ2) is 6.36. The summed E-state index contributed by atoms with van der Waals surface area (Å²) in [6, 6.07) is 0. The Kier molecular flexibility index (Phi) is 4.80. The average Bonchev–Trinajstić information content (AvgIpc) is 3.25. The van der Waals surface area contributed by atoms with Gasteiger partial charge in [-0.1, -0.05) is 25.7 Å². The van der Waals surface area contributed by atoms with Crippen LogP contribution in [0, 0.1) is 0 Å². The summed E-state index contributed by atoms with van der Waals surface area (Å²) in [5.41, 5.74) is 0. The van der Waals surface area contributed by atoms with Crippen LogP contribution >= 0.6 is 0 Å². The van der Waals surface area contributed by atoms with Crippen molar-refractivity contribution in [2.75, 3.05) is 0 Å². The fraction of sp³-hybridized carbons (Fsp3) is 0.923. The van der Waals surface area contributed by atoms with Crippen LogP contribution in [0.4, 0.5) is 0 Å². The SMILES string of the molecule is C1CCC2OC2C1.C1CCC2OC2C1.O=CO. The van der Waals surface area contributed by atoms with Crippen LogP contribution in [0.15, 0.2) is 0 Å². The summed E-state index contributed by atoms with van der Waals surface area (Å²) in [7, 11) is 0. The molecule has 2 aliphatic heterocycles. The Hall–Kier alpha value is -0.610. The highest BCUT2D eigenvalue weighted by molar-refractivity contribution is 5.32. The van der Waals surface area contributed by atoms with Gasteiger partial charge in [-0.25, -0.2) is 0 Å². The molecule has 0 radical (unpaired) electrons. The molecule has 4 unspecified atom stereocenters. The van der Waals surface area contributed by atoms with E-state index in [-0.39, 0.29) is 6.47 Å². The normalized spacial score (nSPS) is 40.2. The largest absolute Gasteiger partial charge is 0.483 e. The Labute approximate surface area is 102 Å². The molecule has 2 saturated heterocycles. The molecule has 0 aromatic carbocycles. The Morgan fingerprint density at radius 3 is 1.18 bits per heavy atom. The van der Waals surface area contributed by atoms with E-state index in [9.17, 15) is 0 Å². The number of epoxide rings is 2. The molecule has 4 fully saturated rings. The van der Waals surface area contributed by atoms with E-state index in [1.807, 2.05) is 0 Å². The summed E-state index contributed by atoms with van der Waals surface area (Å²) < 4.78 is 10.6. The van der Waals surface area contributed by atoms with E-state index >= 15 is 0 Å². The number of carboxylic acid groups (broad SMARTS) is 1. The molecule has 0 spiro atoms. The van der Waals surface area contributed by atoms with E-state index in [0.29, 0.717) is 24.4 Å². The van der Waals surface area contributed by atoms with Crippen LogP contribution in [0.2, 0.25) is 0 Å². The smallest absolute Gasteiger partial charge is 0.290 e. The van der Waals surface area contributed by atoms with Gasteiger partial charge in [0.1, 0.15) is 0 Å². The molecule has 17 heavy (non-hydrogen) atoms. The highest BCUT2D eigenvalue weighted by atomic mass is 16.6. The topological polar surface area (TPSA) is 62.4 Å². The van der Waals surface area contributed by atoms with Crippen molar-refractivity contribution in [3.63, 3.8) is 0 Å². The average molecular weight is 242 g/mol. The number of carbonyl (C=O) groups is 1. The Morgan fingerprint density at radius 2 is 1.00 bits per heavy atom. The van der Waals surface area contributed by atoms with Crippen molar-refractivity contribution in [1.29, 1.82) is 0 Å². The van der Waals surface area contributed by atoms with Crippen molar-refractivity contribution in [1.82, 2.24) is 0 Å². The first-order valence-corrected chi connectivity index (χ1v) is 6.74. The van der Waals surface area contributed by atoms with Crippen LogP contribution in [-0.2, 0) is 14.3 Å². The van der Waals surface area contributed by atoms with Crippen molar-refractivity contribution in [3.8, 4) is 0 Å². The molecule has 1 N–H and O–H groups in total. The first-order valence-electron chi connectivity index (χ1n) is 6.74. The molecule has 0 amide bonds. The van der Waals surface area contributed by atoms with E-state index in [1.165, 1.54) is 51.4 Å². The molecule has 4 rings (SSSR count). The molecule has 0 aromatic rings. The molecule has 0 aromatic heterocycles. The molecular formula is C13H22O4. The van der Waals surface area contributed by atoms with Crippen LogP contribution in [0.1, 0.15) is 51.4 Å². The van der Waals surface area contributed by atoms with Crippen molar-refractivity contribution in [2.24, 2.45) is 0 Å². The zero-order valence-electron chi connectivity index (χ0n) is 10.2. The lowest BCUT2D eigenvalue weighted by molar-refractivity contribution is -0.122. The van der Waals surface area contributed by atoms with E-state index in [0.717, 1.165) is 0 Å². The molecular weight excluding hydrogens is 220 g/mol. The maximum Gasteiger partial charge on any atom is 0.290 e. The van der Waals surface area contributed by atoms with Gasteiger partial charge in [0.15, 0.2) is 0 Å².